The first-order valence-corrected chi connectivity index (χ1v) is 14.4. The zero-order valence-electron chi connectivity index (χ0n) is 23.3. The third-order valence-electron chi connectivity index (χ3n) is 7.64. The van der Waals surface area contributed by atoms with Crippen LogP contribution in [0, 0.1) is 5.41 Å². The molecule has 0 aliphatic heterocycles. The molecule has 0 radical (unpaired) electrons. The highest BCUT2D eigenvalue weighted by atomic mass is 16.3. The maximum atomic E-state index is 11.4. The van der Waals surface area contributed by atoms with Gasteiger partial charge in [0, 0.05) is 0 Å². The van der Waals surface area contributed by atoms with Gasteiger partial charge in [-0.1, -0.05) is 47.0 Å². The lowest BCUT2D eigenvalue weighted by molar-refractivity contribution is -0.201. The van der Waals surface area contributed by atoms with Crippen LogP contribution in [0.5, 0.6) is 0 Å². The Balaban J connectivity index is 5.50. The molecule has 8 atom stereocenters. The van der Waals surface area contributed by atoms with Crippen molar-refractivity contribution in [2.45, 2.75) is 173 Å². The molecule has 0 spiro atoms. The molecule has 0 aromatic carbocycles. The van der Waals surface area contributed by atoms with Crippen LogP contribution >= 0.6 is 0 Å². The van der Waals surface area contributed by atoms with Crippen LogP contribution in [0.2, 0.25) is 0 Å². The summed E-state index contributed by atoms with van der Waals surface area (Å²) in [5.41, 5.74) is -1.55. The summed E-state index contributed by atoms with van der Waals surface area (Å²) >= 11 is 0. The molecule has 0 bridgehead atoms. The predicted molar refractivity (Wildman–Crippen MR) is 142 cm³/mol. The summed E-state index contributed by atoms with van der Waals surface area (Å²) < 4.78 is 0. The lowest BCUT2D eigenvalue weighted by Gasteiger charge is -2.48. The van der Waals surface area contributed by atoms with Crippen LogP contribution in [-0.2, 0) is 0 Å². The van der Waals surface area contributed by atoms with Gasteiger partial charge in [-0.15, -0.1) is 0 Å². The van der Waals surface area contributed by atoms with Crippen LogP contribution in [0.15, 0.2) is 0 Å². The standard InChI is InChI=1S/C28H58O8/c1-5-11-21(30)19-23(32)15-10-17-27(36)28(24(33)12-6-2,25(34)13-7-3)26(35)16-9-14-22(31)18-20(29)8-4/h20-27,29-36H,5-19H2,1-4H3. The molecule has 0 aliphatic rings. The average Bonchev–Trinajstić information content (AvgIpc) is 2.79. The molecule has 36 heavy (non-hydrogen) atoms. The third-order valence-corrected chi connectivity index (χ3v) is 7.64. The molecule has 218 valence electrons. The van der Waals surface area contributed by atoms with Gasteiger partial charge in [-0.2, -0.15) is 0 Å². The molecule has 8 nitrogen and oxygen atoms in total. The summed E-state index contributed by atoms with van der Waals surface area (Å²) in [5, 5.41) is 85.3. The van der Waals surface area contributed by atoms with Gasteiger partial charge in [0.2, 0.25) is 0 Å². The average molecular weight is 523 g/mol. The van der Waals surface area contributed by atoms with Crippen molar-refractivity contribution in [3.63, 3.8) is 0 Å². The minimum absolute atomic E-state index is 0.184. The van der Waals surface area contributed by atoms with E-state index in [0.29, 0.717) is 64.2 Å². The lowest BCUT2D eigenvalue weighted by Crippen LogP contribution is -2.60. The van der Waals surface area contributed by atoms with Crippen LogP contribution in [0.1, 0.15) is 124 Å². The smallest absolute Gasteiger partial charge is 0.0739 e. The highest BCUT2D eigenvalue weighted by molar-refractivity contribution is 5.02. The second-order valence-corrected chi connectivity index (χ2v) is 10.8. The molecule has 0 rings (SSSR count). The molecule has 0 saturated heterocycles. The quantitative estimate of drug-likeness (QED) is 0.102. The highest BCUT2D eigenvalue weighted by Gasteiger charge is 2.53. The largest absolute Gasteiger partial charge is 0.393 e. The number of rotatable bonds is 23. The van der Waals surface area contributed by atoms with Gasteiger partial charge in [-0.05, 0) is 77.0 Å². The fourth-order valence-corrected chi connectivity index (χ4v) is 5.45. The zero-order valence-corrected chi connectivity index (χ0v) is 23.3. The SMILES string of the molecule is CCCC(O)CC(O)CCCC(O)C(C(O)CCC)(C(O)CCC)C(O)CCCC(O)CC(O)CC. The topological polar surface area (TPSA) is 162 Å². The van der Waals surface area contributed by atoms with Crippen molar-refractivity contribution in [3.8, 4) is 0 Å². The zero-order chi connectivity index (χ0) is 27.7. The Hall–Kier alpha value is -0.320. The highest BCUT2D eigenvalue weighted by Crippen LogP contribution is 2.43. The minimum Gasteiger partial charge on any atom is -0.393 e. The Morgan fingerprint density at radius 1 is 0.417 bits per heavy atom. The normalized spacial score (nSPS) is 20.7. The van der Waals surface area contributed by atoms with Crippen LogP contribution < -0.4 is 0 Å². The van der Waals surface area contributed by atoms with Crippen LogP contribution in [0.4, 0.5) is 0 Å². The maximum absolute atomic E-state index is 11.4. The fourth-order valence-electron chi connectivity index (χ4n) is 5.45. The van der Waals surface area contributed by atoms with E-state index in [1.165, 1.54) is 0 Å². The van der Waals surface area contributed by atoms with Gasteiger partial charge in [-0.25, -0.2) is 0 Å². The van der Waals surface area contributed by atoms with Crippen molar-refractivity contribution in [3.05, 3.63) is 0 Å². The lowest BCUT2D eigenvalue weighted by atomic mass is 9.63. The molecule has 0 aliphatic carbocycles. The first-order chi connectivity index (χ1) is 17.0. The van der Waals surface area contributed by atoms with E-state index < -0.39 is 54.2 Å². The van der Waals surface area contributed by atoms with Crippen LogP contribution in [-0.4, -0.2) is 89.7 Å². The summed E-state index contributed by atoms with van der Waals surface area (Å²) in [4.78, 5) is 0. The molecular weight excluding hydrogens is 464 g/mol. The first kappa shape index (κ1) is 35.7. The Labute approximate surface area is 219 Å². The summed E-state index contributed by atoms with van der Waals surface area (Å²) in [6, 6.07) is 0. The summed E-state index contributed by atoms with van der Waals surface area (Å²) in [6.45, 7) is 7.60. The Bertz CT molecular complexity index is 508. The summed E-state index contributed by atoms with van der Waals surface area (Å²) in [5.74, 6) is 0. The molecular formula is C28H58O8. The molecule has 0 fully saturated rings. The van der Waals surface area contributed by atoms with Gasteiger partial charge in [-0.3, -0.25) is 0 Å². The van der Waals surface area contributed by atoms with E-state index in [9.17, 15) is 40.9 Å². The van der Waals surface area contributed by atoms with E-state index in [0.717, 1.165) is 6.42 Å². The van der Waals surface area contributed by atoms with Crippen LogP contribution in [0.3, 0.4) is 0 Å². The monoisotopic (exact) mass is 522 g/mol. The molecule has 0 aromatic heterocycles. The van der Waals surface area contributed by atoms with Gasteiger partial charge < -0.3 is 40.9 Å². The van der Waals surface area contributed by atoms with Gasteiger partial charge >= 0.3 is 0 Å². The molecule has 8 unspecified atom stereocenters. The van der Waals surface area contributed by atoms with E-state index in [2.05, 4.69) is 0 Å². The van der Waals surface area contributed by atoms with E-state index in [-0.39, 0.29) is 25.7 Å². The van der Waals surface area contributed by atoms with Crippen molar-refractivity contribution in [1.82, 2.24) is 0 Å². The van der Waals surface area contributed by atoms with E-state index in [4.69, 9.17) is 0 Å². The van der Waals surface area contributed by atoms with E-state index in [1.807, 2.05) is 27.7 Å². The second-order valence-electron chi connectivity index (χ2n) is 10.8. The van der Waals surface area contributed by atoms with Crippen molar-refractivity contribution in [1.29, 1.82) is 0 Å². The molecule has 0 aromatic rings. The number of hydrogen-bond acceptors (Lipinski definition) is 8. The van der Waals surface area contributed by atoms with Crippen LogP contribution in [0.25, 0.3) is 0 Å². The maximum Gasteiger partial charge on any atom is 0.0739 e. The Morgan fingerprint density at radius 3 is 1.11 bits per heavy atom. The molecule has 8 N–H and O–H groups in total. The van der Waals surface area contributed by atoms with Crippen molar-refractivity contribution in [2.75, 3.05) is 0 Å². The van der Waals surface area contributed by atoms with E-state index >= 15 is 0 Å². The fraction of sp³-hybridized carbons (Fsp3) is 1.00. The first-order valence-electron chi connectivity index (χ1n) is 14.4. The van der Waals surface area contributed by atoms with Gasteiger partial charge in [0.1, 0.15) is 0 Å². The Morgan fingerprint density at radius 2 is 0.750 bits per heavy atom. The number of hydrogen-bond donors (Lipinski definition) is 8. The van der Waals surface area contributed by atoms with Crippen molar-refractivity contribution in [2.24, 2.45) is 5.41 Å². The number of aliphatic hydroxyl groups is 8. The van der Waals surface area contributed by atoms with Gasteiger partial charge in [0.25, 0.3) is 0 Å². The molecule has 0 amide bonds. The van der Waals surface area contributed by atoms with Gasteiger partial charge in [0.05, 0.1) is 54.2 Å². The number of aliphatic hydroxyl groups excluding tert-OH is 8. The summed E-state index contributed by atoms with van der Waals surface area (Å²) in [7, 11) is 0. The minimum atomic E-state index is -1.55. The third kappa shape index (κ3) is 12.0. The molecule has 0 saturated carbocycles. The summed E-state index contributed by atoms with van der Waals surface area (Å²) in [6.07, 6.45) is -0.923. The van der Waals surface area contributed by atoms with E-state index in [1.54, 1.807) is 0 Å². The van der Waals surface area contributed by atoms with Gasteiger partial charge in [0.15, 0.2) is 0 Å². The van der Waals surface area contributed by atoms with Crippen molar-refractivity contribution >= 4 is 0 Å². The Kier molecular flexibility index (Phi) is 19.5. The van der Waals surface area contributed by atoms with Crippen molar-refractivity contribution < 1.29 is 40.9 Å². The predicted octanol–water partition coefficient (Wildman–Crippen LogP) is 2.79. The second kappa shape index (κ2) is 19.7. The molecule has 8 heteroatoms. The molecule has 0 heterocycles.